The van der Waals surface area contributed by atoms with Crippen molar-refractivity contribution in [3.05, 3.63) is 58.4 Å². The van der Waals surface area contributed by atoms with Gasteiger partial charge in [-0.3, -0.25) is 0 Å². The van der Waals surface area contributed by atoms with Gasteiger partial charge in [-0.15, -0.1) is 0 Å². The SMILES string of the molecule is Cc1ccc(CC#Cc2[nH]ccc2Cl)cc1. The first-order valence-electron chi connectivity index (χ1n) is 5.13. The predicted octanol–water partition coefficient (Wildman–Crippen LogP) is 3.57. The van der Waals surface area contributed by atoms with Crippen LogP contribution in [0.3, 0.4) is 0 Å². The minimum Gasteiger partial charge on any atom is -0.354 e. The number of hydrogen-bond donors (Lipinski definition) is 1. The van der Waals surface area contributed by atoms with Gasteiger partial charge in [-0.05, 0) is 24.5 Å². The molecule has 80 valence electrons. The molecule has 0 unspecified atom stereocenters. The van der Waals surface area contributed by atoms with Gasteiger partial charge < -0.3 is 4.98 Å². The van der Waals surface area contributed by atoms with Gasteiger partial charge in [-0.25, -0.2) is 0 Å². The van der Waals surface area contributed by atoms with Crippen molar-refractivity contribution in [2.24, 2.45) is 0 Å². The van der Waals surface area contributed by atoms with Crippen molar-refractivity contribution in [3.8, 4) is 11.8 Å². The fourth-order valence-corrected chi connectivity index (χ4v) is 1.55. The summed E-state index contributed by atoms with van der Waals surface area (Å²) in [5, 5.41) is 0.677. The van der Waals surface area contributed by atoms with Crippen molar-refractivity contribution >= 4 is 11.6 Å². The van der Waals surface area contributed by atoms with E-state index >= 15 is 0 Å². The van der Waals surface area contributed by atoms with Crippen molar-refractivity contribution < 1.29 is 0 Å². The minimum absolute atomic E-state index is 0.677. The van der Waals surface area contributed by atoms with E-state index in [9.17, 15) is 0 Å². The molecule has 0 amide bonds. The molecule has 0 aliphatic rings. The van der Waals surface area contributed by atoms with Crippen LogP contribution in [-0.4, -0.2) is 4.98 Å². The molecule has 0 radical (unpaired) electrons. The van der Waals surface area contributed by atoms with Crippen LogP contribution in [0.1, 0.15) is 16.8 Å². The van der Waals surface area contributed by atoms with E-state index in [0.717, 1.165) is 12.1 Å². The monoisotopic (exact) mass is 229 g/mol. The van der Waals surface area contributed by atoms with Crippen LogP contribution in [0.15, 0.2) is 36.5 Å². The van der Waals surface area contributed by atoms with E-state index in [1.807, 2.05) is 0 Å². The van der Waals surface area contributed by atoms with Crippen LogP contribution in [0.25, 0.3) is 0 Å². The number of benzene rings is 1. The van der Waals surface area contributed by atoms with Crippen LogP contribution >= 0.6 is 11.6 Å². The van der Waals surface area contributed by atoms with Gasteiger partial charge in [-0.1, -0.05) is 47.4 Å². The lowest BCUT2D eigenvalue weighted by atomic mass is 10.1. The van der Waals surface area contributed by atoms with E-state index in [1.54, 1.807) is 12.3 Å². The van der Waals surface area contributed by atoms with Gasteiger partial charge in [0, 0.05) is 12.6 Å². The van der Waals surface area contributed by atoms with Gasteiger partial charge in [-0.2, -0.15) is 0 Å². The third-order valence-electron chi connectivity index (χ3n) is 2.32. The lowest BCUT2D eigenvalue weighted by Crippen LogP contribution is -1.82. The zero-order valence-electron chi connectivity index (χ0n) is 9.05. The van der Waals surface area contributed by atoms with Gasteiger partial charge in [0.1, 0.15) is 5.69 Å². The second-order valence-electron chi connectivity index (χ2n) is 3.66. The highest BCUT2D eigenvalue weighted by Crippen LogP contribution is 2.11. The maximum Gasteiger partial charge on any atom is 0.108 e. The van der Waals surface area contributed by atoms with Gasteiger partial charge in [0.25, 0.3) is 0 Å². The Balaban J connectivity index is 2.05. The normalized spacial score (nSPS) is 9.62. The summed E-state index contributed by atoms with van der Waals surface area (Å²) < 4.78 is 0. The molecule has 1 aromatic carbocycles. The number of aryl methyl sites for hydroxylation is 1. The molecule has 1 aromatic heterocycles. The third-order valence-corrected chi connectivity index (χ3v) is 2.64. The Kier molecular flexibility index (Phi) is 3.34. The summed E-state index contributed by atoms with van der Waals surface area (Å²) in [6.07, 6.45) is 2.54. The first-order valence-corrected chi connectivity index (χ1v) is 5.51. The maximum atomic E-state index is 5.91. The standard InChI is InChI=1S/C14H12ClN/c1-11-5-7-12(8-6-11)3-2-4-14-13(15)9-10-16-14/h5-10,16H,3H2,1H3. The third kappa shape index (κ3) is 2.68. The fourth-order valence-electron chi connectivity index (χ4n) is 1.39. The van der Waals surface area contributed by atoms with Crippen LogP contribution in [0.2, 0.25) is 5.02 Å². The summed E-state index contributed by atoms with van der Waals surface area (Å²) >= 11 is 5.91. The van der Waals surface area contributed by atoms with Gasteiger partial charge >= 0.3 is 0 Å². The highest BCUT2D eigenvalue weighted by Gasteiger charge is 1.94. The Labute approximate surface area is 100 Å². The van der Waals surface area contributed by atoms with Crippen LogP contribution < -0.4 is 0 Å². The van der Waals surface area contributed by atoms with E-state index in [2.05, 4.69) is 48.0 Å². The van der Waals surface area contributed by atoms with Gasteiger partial charge in [0.2, 0.25) is 0 Å². The molecule has 0 aliphatic carbocycles. The molecule has 2 rings (SSSR count). The smallest absolute Gasteiger partial charge is 0.108 e. The number of rotatable bonds is 1. The van der Waals surface area contributed by atoms with Crippen molar-refractivity contribution in [3.63, 3.8) is 0 Å². The lowest BCUT2D eigenvalue weighted by molar-refractivity contribution is 1.29. The fraction of sp³-hybridized carbons (Fsp3) is 0.143. The van der Waals surface area contributed by atoms with Crippen LogP contribution in [0.5, 0.6) is 0 Å². The van der Waals surface area contributed by atoms with Crippen LogP contribution in [-0.2, 0) is 6.42 Å². The van der Waals surface area contributed by atoms with E-state index < -0.39 is 0 Å². The molecular weight excluding hydrogens is 218 g/mol. The summed E-state index contributed by atoms with van der Waals surface area (Å²) in [5.41, 5.74) is 3.28. The molecule has 0 bridgehead atoms. The Morgan fingerprint density at radius 3 is 2.56 bits per heavy atom. The largest absolute Gasteiger partial charge is 0.354 e. The Hall–Kier alpha value is -1.65. The van der Waals surface area contributed by atoms with Crippen molar-refractivity contribution in [1.29, 1.82) is 0 Å². The Bertz CT molecular complexity index is 526. The summed E-state index contributed by atoms with van der Waals surface area (Å²) in [4.78, 5) is 3.00. The average Bonchev–Trinajstić information content (AvgIpc) is 2.68. The molecular formula is C14H12ClN. The quantitative estimate of drug-likeness (QED) is 0.720. The van der Waals surface area contributed by atoms with Crippen LogP contribution in [0, 0.1) is 18.8 Å². The topological polar surface area (TPSA) is 15.8 Å². The second kappa shape index (κ2) is 4.92. The molecule has 1 nitrogen and oxygen atoms in total. The molecule has 1 N–H and O–H groups in total. The zero-order chi connectivity index (χ0) is 11.4. The highest BCUT2D eigenvalue weighted by molar-refractivity contribution is 6.31. The summed E-state index contributed by atoms with van der Waals surface area (Å²) in [6.45, 7) is 2.08. The van der Waals surface area contributed by atoms with E-state index in [1.165, 1.54) is 11.1 Å². The zero-order valence-corrected chi connectivity index (χ0v) is 9.81. The molecule has 0 spiro atoms. The molecule has 0 fully saturated rings. The number of aromatic nitrogens is 1. The average molecular weight is 230 g/mol. The molecule has 0 saturated heterocycles. The first kappa shape index (κ1) is 10.9. The molecule has 0 atom stereocenters. The molecule has 0 aliphatic heterocycles. The van der Waals surface area contributed by atoms with E-state index in [0.29, 0.717) is 5.02 Å². The summed E-state index contributed by atoms with van der Waals surface area (Å²) in [5.74, 6) is 6.12. The molecule has 2 heteroatoms. The number of hydrogen-bond acceptors (Lipinski definition) is 0. The predicted molar refractivity (Wildman–Crippen MR) is 67.6 cm³/mol. The minimum atomic E-state index is 0.677. The Morgan fingerprint density at radius 2 is 1.94 bits per heavy atom. The summed E-state index contributed by atoms with van der Waals surface area (Å²) in [7, 11) is 0. The Morgan fingerprint density at radius 1 is 1.19 bits per heavy atom. The van der Waals surface area contributed by atoms with Crippen LogP contribution in [0.4, 0.5) is 0 Å². The number of H-pyrrole nitrogens is 1. The van der Waals surface area contributed by atoms with Gasteiger partial charge in [0.15, 0.2) is 0 Å². The highest BCUT2D eigenvalue weighted by atomic mass is 35.5. The number of aromatic amines is 1. The molecule has 16 heavy (non-hydrogen) atoms. The van der Waals surface area contributed by atoms with E-state index in [4.69, 9.17) is 11.6 Å². The van der Waals surface area contributed by atoms with E-state index in [-0.39, 0.29) is 0 Å². The second-order valence-corrected chi connectivity index (χ2v) is 4.07. The lowest BCUT2D eigenvalue weighted by Gasteiger charge is -1.95. The van der Waals surface area contributed by atoms with Crippen molar-refractivity contribution in [2.45, 2.75) is 13.3 Å². The first-order chi connectivity index (χ1) is 7.75. The molecule has 1 heterocycles. The maximum absolute atomic E-state index is 5.91. The van der Waals surface area contributed by atoms with Crippen molar-refractivity contribution in [2.75, 3.05) is 0 Å². The van der Waals surface area contributed by atoms with Gasteiger partial charge in [0.05, 0.1) is 5.02 Å². The summed E-state index contributed by atoms with van der Waals surface area (Å²) in [6, 6.07) is 10.2. The number of halogens is 1. The molecule has 2 aromatic rings. The van der Waals surface area contributed by atoms with Crippen molar-refractivity contribution in [1.82, 2.24) is 4.98 Å². The number of nitrogens with one attached hydrogen (secondary N) is 1. The molecule has 0 saturated carbocycles.